The molecule has 2 saturated heterocycles. The van der Waals surface area contributed by atoms with E-state index in [4.69, 9.17) is 0 Å². The Morgan fingerprint density at radius 1 is 1.08 bits per heavy atom. The molecule has 0 aliphatic carbocycles. The monoisotopic (exact) mass is 330 g/mol. The largest absolute Gasteiger partial charge is 0.326 e. The minimum Gasteiger partial charge on any atom is -0.326 e. The lowest BCUT2D eigenvalue weighted by Crippen LogP contribution is -2.51. The number of carbonyl (C=O) groups excluding carboxylic acids is 3. The van der Waals surface area contributed by atoms with Gasteiger partial charge >= 0.3 is 0 Å². The molecule has 2 fully saturated rings. The number of hydrogen-bond donors (Lipinski definition) is 1. The molecule has 1 atom stereocenters. The zero-order chi connectivity index (χ0) is 17.3. The topological polar surface area (TPSA) is 73.0 Å². The van der Waals surface area contributed by atoms with Crippen LogP contribution in [0.2, 0.25) is 0 Å². The van der Waals surface area contributed by atoms with E-state index in [0.29, 0.717) is 11.4 Å². The molecule has 2 aliphatic heterocycles. The normalized spacial score (nSPS) is 22.9. The number of anilines is 2. The van der Waals surface area contributed by atoms with Gasteiger partial charge in [0.15, 0.2) is 0 Å². The Labute approximate surface area is 141 Å². The number of amides is 3. The molecular formula is C17H22N4O3. The molecule has 1 aromatic rings. The first-order valence-corrected chi connectivity index (χ1v) is 8.13. The summed E-state index contributed by atoms with van der Waals surface area (Å²) in [6.07, 6.45) is 0.232. The number of carbonyl (C=O) groups is 3. The van der Waals surface area contributed by atoms with Crippen molar-refractivity contribution in [3.05, 3.63) is 24.3 Å². The lowest BCUT2D eigenvalue weighted by Gasteiger charge is -2.35. The van der Waals surface area contributed by atoms with Crippen LogP contribution in [-0.2, 0) is 14.4 Å². The smallest absolute Gasteiger partial charge is 0.251 e. The average Bonchev–Trinajstić information content (AvgIpc) is 2.83. The zero-order valence-corrected chi connectivity index (χ0v) is 14.0. The van der Waals surface area contributed by atoms with Crippen molar-refractivity contribution in [2.45, 2.75) is 19.4 Å². The van der Waals surface area contributed by atoms with Crippen molar-refractivity contribution in [3.63, 3.8) is 0 Å². The molecule has 128 valence electrons. The molecule has 2 aliphatic rings. The molecule has 2 heterocycles. The van der Waals surface area contributed by atoms with Gasteiger partial charge in [0, 0.05) is 38.8 Å². The first kappa shape index (κ1) is 16.6. The van der Waals surface area contributed by atoms with Crippen LogP contribution < -0.4 is 10.2 Å². The molecule has 0 radical (unpaired) electrons. The molecule has 0 saturated carbocycles. The molecule has 24 heavy (non-hydrogen) atoms. The molecule has 3 rings (SSSR count). The number of benzene rings is 1. The Balaban J connectivity index is 1.73. The summed E-state index contributed by atoms with van der Waals surface area (Å²) in [5.41, 5.74) is 1.19. The minimum absolute atomic E-state index is 0.156. The molecule has 7 heteroatoms. The second-order valence-corrected chi connectivity index (χ2v) is 6.35. The SMILES string of the molecule is CC(=O)Nc1ccc(N2C(=O)CC(N3CCN(C)CC3)C2=O)cc1. The van der Waals surface area contributed by atoms with Crippen molar-refractivity contribution in [2.24, 2.45) is 0 Å². The van der Waals surface area contributed by atoms with Crippen LogP contribution in [0.1, 0.15) is 13.3 Å². The molecule has 3 amide bonds. The van der Waals surface area contributed by atoms with Crippen LogP contribution in [0.4, 0.5) is 11.4 Å². The first-order valence-electron chi connectivity index (χ1n) is 8.13. The molecule has 0 bridgehead atoms. The van der Waals surface area contributed by atoms with Crippen LogP contribution >= 0.6 is 0 Å². The summed E-state index contributed by atoms with van der Waals surface area (Å²) in [4.78, 5) is 41.8. The molecule has 1 N–H and O–H groups in total. The maximum Gasteiger partial charge on any atom is 0.251 e. The molecule has 1 unspecified atom stereocenters. The predicted octanol–water partition coefficient (Wildman–Crippen LogP) is 0.524. The van der Waals surface area contributed by atoms with E-state index in [9.17, 15) is 14.4 Å². The summed E-state index contributed by atoms with van der Waals surface area (Å²) < 4.78 is 0. The van der Waals surface area contributed by atoms with Crippen LogP contribution in [0.15, 0.2) is 24.3 Å². The third-order valence-corrected chi connectivity index (χ3v) is 4.55. The van der Waals surface area contributed by atoms with Gasteiger partial charge in [0.25, 0.3) is 5.91 Å². The highest BCUT2D eigenvalue weighted by Crippen LogP contribution is 2.27. The molecule has 0 spiro atoms. The van der Waals surface area contributed by atoms with E-state index in [1.54, 1.807) is 24.3 Å². The number of nitrogens with one attached hydrogen (secondary N) is 1. The van der Waals surface area contributed by atoms with E-state index >= 15 is 0 Å². The Kier molecular flexibility index (Phi) is 4.64. The predicted molar refractivity (Wildman–Crippen MR) is 90.7 cm³/mol. The fraction of sp³-hybridized carbons (Fsp3) is 0.471. The van der Waals surface area contributed by atoms with Crippen LogP contribution in [0.5, 0.6) is 0 Å². The van der Waals surface area contributed by atoms with Crippen molar-refractivity contribution in [2.75, 3.05) is 43.4 Å². The standard InChI is InChI=1S/C17H22N4O3/c1-12(22)18-13-3-5-14(6-4-13)21-16(23)11-15(17(21)24)20-9-7-19(2)8-10-20/h3-6,15H,7-11H2,1-2H3,(H,18,22). The van der Waals surface area contributed by atoms with Gasteiger partial charge in [-0.05, 0) is 31.3 Å². The number of piperazine rings is 1. The second kappa shape index (κ2) is 6.70. The molecule has 0 aromatic heterocycles. The van der Waals surface area contributed by atoms with E-state index in [2.05, 4.69) is 22.2 Å². The van der Waals surface area contributed by atoms with Crippen molar-refractivity contribution in [3.8, 4) is 0 Å². The number of nitrogens with zero attached hydrogens (tertiary/aromatic N) is 3. The number of imide groups is 1. The number of likely N-dealkylation sites (N-methyl/N-ethyl adjacent to an activating group) is 1. The van der Waals surface area contributed by atoms with Crippen molar-refractivity contribution in [1.29, 1.82) is 0 Å². The Morgan fingerprint density at radius 3 is 2.29 bits per heavy atom. The summed E-state index contributed by atoms with van der Waals surface area (Å²) in [5.74, 6) is -0.487. The lowest BCUT2D eigenvalue weighted by molar-refractivity contribution is -0.123. The van der Waals surface area contributed by atoms with E-state index < -0.39 is 0 Å². The van der Waals surface area contributed by atoms with Gasteiger partial charge in [-0.1, -0.05) is 0 Å². The van der Waals surface area contributed by atoms with Gasteiger partial charge in [0.05, 0.1) is 18.2 Å². The highest BCUT2D eigenvalue weighted by molar-refractivity contribution is 6.22. The maximum absolute atomic E-state index is 12.7. The Hall–Kier alpha value is -2.25. The highest BCUT2D eigenvalue weighted by atomic mass is 16.2. The van der Waals surface area contributed by atoms with Crippen molar-refractivity contribution < 1.29 is 14.4 Å². The summed E-state index contributed by atoms with van der Waals surface area (Å²) >= 11 is 0. The third-order valence-electron chi connectivity index (χ3n) is 4.55. The summed E-state index contributed by atoms with van der Waals surface area (Å²) in [6.45, 7) is 4.85. The summed E-state index contributed by atoms with van der Waals surface area (Å²) in [7, 11) is 2.06. The summed E-state index contributed by atoms with van der Waals surface area (Å²) in [6, 6.07) is 6.41. The zero-order valence-electron chi connectivity index (χ0n) is 14.0. The van der Waals surface area contributed by atoms with Gasteiger partial charge in [0.2, 0.25) is 11.8 Å². The van der Waals surface area contributed by atoms with Crippen LogP contribution in [-0.4, -0.2) is 66.8 Å². The average molecular weight is 330 g/mol. The van der Waals surface area contributed by atoms with Crippen LogP contribution in [0.25, 0.3) is 0 Å². The first-order chi connectivity index (χ1) is 11.5. The number of hydrogen-bond acceptors (Lipinski definition) is 5. The van der Waals surface area contributed by atoms with Gasteiger partial charge in [-0.2, -0.15) is 0 Å². The minimum atomic E-state index is -0.360. The Bertz CT molecular complexity index is 650. The maximum atomic E-state index is 12.7. The van der Waals surface area contributed by atoms with Gasteiger partial charge in [0.1, 0.15) is 0 Å². The van der Waals surface area contributed by atoms with E-state index in [1.807, 2.05) is 0 Å². The van der Waals surface area contributed by atoms with Crippen molar-refractivity contribution >= 4 is 29.1 Å². The van der Waals surface area contributed by atoms with E-state index in [1.165, 1.54) is 11.8 Å². The van der Waals surface area contributed by atoms with Gasteiger partial charge < -0.3 is 10.2 Å². The van der Waals surface area contributed by atoms with Crippen LogP contribution in [0.3, 0.4) is 0 Å². The van der Waals surface area contributed by atoms with E-state index in [0.717, 1.165) is 26.2 Å². The van der Waals surface area contributed by atoms with Gasteiger partial charge in [-0.3, -0.25) is 19.3 Å². The fourth-order valence-corrected chi connectivity index (χ4v) is 3.20. The van der Waals surface area contributed by atoms with Crippen molar-refractivity contribution in [1.82, 2.24) is 9.80 Å². The Morgan fingerprint density at radius 2 is 1.71 bits per heavy atom. The van der Waals surface area contributed by atoms with Crippen LogP contribution in [0, 0.1) is 0 Å². The van der Waals surface area contributed by atoms with Gasteiger partial charge in [-0.15, -0.1) is 0 Å². The number of rotatable bonds is 3. The fourth-order valence-electron chi connectivity index (χ4n) is 3.20. The summed E-state index contributed by atoms with van der Waals surface area (Å²) in [5, 5.41) is 2.67. The lowest BCUT2D eigenvalue weighted by atomic mass is 10.2. The van der Waals surface area contributed by atoms with Gasteiger partial charge in [-0.25, -0.2) is 4.90 Å². The highest BCUT2D eigenvalue weighted by Gasteiger charge is 2.43. The molecule has 1 aromatic carbocycles. The third kappa shape index (κ3) is 3.32. The molecular weight excluding hydrogens is 308 g/mol. The molecule has 7 nitrogen and oxygen atoms in total. The van der Waals surface area contributed by atoms with E-state index in [-0.39, 0.29) is 30.2 Å². The second-order valence-electron chi connectivity index (χ2n) is 6.35. The quantitative estimate of drug-likeness (QED) is 0.818.